The van der Waals surface area contributed by atoms with E-state index in [-0.39, 0.29) is 11.9 Å². The first-order valence-corrected chi connectivity index (χ1v) is 9.92. The van der Waals surface area contributed by atoms with E-state index in [0.717, 1.165) is 6.26 Å². The Bertz CT molecular complexity index is 641. The molecule has 0 saturated heterocycles. The van der Waals surface area contributed by atoms with E-state index in [1.54, 1.807) is 24.3 Å². The number of sulfonamides is 1. The molecular weight excluding hydrogens is 328 g/mol. The summed E-state index contributed by atoms with van der Waals surface area (Å²) in [5.41, 5.74) is 0.538. The van der Waals surface area contributed by atoms with Gasteiger partial charge in [0.05, 0.1) is 11.9 Å². The molecule has 1 rings (SSSR count). The monoisotopic (exact) mass is 356 g/mol. The van der Waals surface area contributed by atoms with Crippen molar-refractivity contribution in [3.63, 3.8) is 0 Å². The van der Waals surface area contributed by atoms with Crippen LogP contribution in [-0.2, 0) is 14.8 Å². The molecule has 2 atom stereocenters. The van der Waals surface area contributed by atoms with Crippen LogP contribution >= 0.6 is 0 Å². The third-order valence-corrected chi connectivity index (χ3v) is 5.22. The average Bonchev–Trinajstić information content (AvgIpc) is 2.51. The summed E-state index contributed by atoms with van der Waals surface area (Å²) in [4.78, 5) is 12.3. The lowest BCUT2D eigenvalue weighted by Crippen LogP contribution is -2.44. The molecule has 1 amide bonds. The number of nitrogens with one attached hydrogen (secondary N) is 1. The van der Waals surface area contributed by atoms with E-state index in [0.29, 0.717) is 23.8 Å². The average molecular weight is 356 g/mol. The van der Waals surface area contributed by atoms with E-state index in [9.17, 15) is 13.2 Å². The molecule has 0 saturated carbocycles. The number of carbonyl (C=O) groups is 1. The van der Waals surface area contributed by atoms with E-state index in [2.05, 4.69) is 5.32 Å². The second kappa shape index (κ2) is 8.37. The first kappa shape index (κ1) is 20.3. The lowest BCUT2D eigenvalue weighted by atomic mass is 10.1. The summed E-state index contributed by atoms with van der Waals surface area (Å²) in [5.74, 6) is 0.730. The van der Waals surface area contributed by atoms with Crippen LogP contribution in [0.25, 0.3) is 0 Å². The molecule has 24 heavy (non-hydrogen) atoms. The van der Waals surface area contributed by atoms with Crippen molar-refractivity contribution in [2.24, 2.45) is 5.92 Å². The number of ether oxygens (including phenoxy) is 1. The van der Waals surface area contributed by atoms with Gasteiger partial charge in [0.15, 0.2) is 6.10 Å². The van der Waals surface area contributed by atoms with Crippen LogP contribution < -0.4 is 14.4 Å². The summed E-state index contributed by atoms with van der Waals surface area (Å²) in [6.45, 7) is 7.94. The molecule has 1 aromatic rings. The van der Waals surface area contributed by atoms with Gasteiger partial charge >= 0.3 is 0 Å². The topological polar surface area (TPSA) is 75.7 Å². The van der Waals surface area contributed by atoms with Crippen LogP contribution in [0.2, 0.25) is 0 Å². The van der Waals surface area contributed by atoms with Crippen molar-refractivity contribution >= 4 is 21.6 Å². The fraction of sp³-hybridized carbons (Fsp3) is 0.588. The molecule has 7 heteroatoms. The highest BCUT2D eigenvalue weighted by molar-refractivity contribution is 7.92. The van der Waals surface area contributed by atoms with Crippen molar-refractivity contribution in [1.29, 1.82) is 0 Å². The zero-order valence-corrected chi connectivity index (χ0v) is 16.1. The van der Waals surface area contributed by atoms with Crippen LogP contribution in [0.4, 0.5) is 5.69 Å². The fourth-order valence-corrected chi connectivity index (χ4v) is 2.40. The van der Waals surface area contributed by atoms with Gasteiger partial charge in [-0.25, -0.2) is 8.42 Å². The van der Waals surface area contributed by atoms with E-state index in [4.69, 9.17) is 4.74 Å². The first-order valence-electron chi connectivity index (χ1n) is 8.07. The highest BCUT2D eigenvalue weighted by Crippen LogP contribution is 2.21. The molecule has 0 aromatic heterocycles. The van der Waals surface area contributed by atoms with Gasteiger partial charge in [-0.05, 0) is 43.5 Å². The number of hydrogen-bond acceptors (Lipinski definition) is 4. The fourth-order valence-electron chi connectivity index (χ4n) is 1.90. The molecule has 0 aliphatic carbocycles. The SMILES string of the molecule is CCC(Oc1ccc(N(C)S(C)(=O)=O)cc1)C(=O)NC(C)C(C)C. The predicted molar refractivity (Wildman–Crippen MR) is 96.8 cm³/mol. The summed E-state index contributed by atoms with van der Waals surface area (Å²) in [6, 6.07) is 6.70. The number of rotatable bonds is 8. The molecule has 6 nitrogen and oxygen atoms in total. The molecule has 0 bridgehead atoms. The Labute approximate surface area is 145 Å². The van der Waals surface area contributed by atoms with Gasteiger partial charge in [0.1, 0.15) is 5.75 Å². The molecular formula is C17H28N2O4S. The third kappa shape index (κ3) is 5.70. The molecule has 0 spiro atoms. The van der Waals surface area contributed by atoms with Gasteiger partial charge < -0.3 is 10.1 Å². The molecule has 0 radical (unpaired) electrons. The Morgan fingerprint density at radius 1 is 1.21 bits per heavy atom. The second-order valence-electron chi connectivity index (χ2n) is 6.28. The van der Waals surface area contributed by atoms with Gasteiger partial charge in [0.2, 0.25) is 10.0 Å². The number of hydrogen-bond donors (Lipinski definition) is 1. The quantitative estimate of drug-likeness (QED) is 0.776. The third-order valence-electron chi connectivity index (χ3n) is 4.01. The van der Waals surface area contributed by atoms with Crippen molar-refractivity contribution < 1.29 is 17.9 Å². The Balaban J connectivity index is 2.78. The number of nitrogens with zero attached hydrogens (tertiary/aromatic N) is 1. The highest BCUT2D eigenvalue weighted by Gasteiger charge is 2.21. The van der Waals surface area contributed by atoms with Gasteiger partial charge in [-0.1, -0.05) is 20.8 Å². The lowest BCUT2D eigenvalue weighted by Gasteiger charge is -2.23. The van der Waals surface area contributed by atoms with Crippen molar-refractivity contribution in [1.82, 2.24) is 5.32 Å². The van der Waals surface area contributed by atoms with Crippen LogP contribution in [-0.4, -0.2) is 39.8 Å². The van der Waals surface area contributed by atoms with Crippen LogP contribution in [0, 0.1) is 5.92 Å². The molecule has 0 heterocycles. The summed E-state index contributed by atoms with van der Waals surface area (Å²) >= 11 is 0. The van der Waals surface area contributed by atoms with Crippen LogP contribution in [0.3, 0.4) is 0 Å². The Kier molecular flexibility index (Phi) is 7.08. The van der Waals surface area contributed by atoms with Gasteiger partial charge in [-0.2, -0.15) is 0 Å². The standard InChI is InChI=1S/C17H28N2O4S/c1-7-16(17(20)18-13(4)12(2)3)23-15-10-8-14(9-11-15)19(5)24(6,21)22/h8-13,16H,7H2,1-6H3,(H,18,20). The Morgan fingerprint density at radius 3 is 2.17 bits per heavy atom. The normalized spacial score (nSPS) is 14.1. The minimum atomic E-state index is -3.30. The number of carbonyl (C=O) groups excluding carboxylic acids is 1. The number of anilines is 1. The van der Waals surface area contributed by atoms with Crippen molar-refractivity contribution in [3.8, 4) is 5.75 Å². The van der Waals surface area contributed by atoms with E-state index < -0.39 is 16.1 Å². The minimum Gasteiger partial charge on any atom is -0.481 e. The molecule has 2 unspecified atom stereocenters. The van der Waals surface area contributed by atoms with Crippen LogP contribution in [0.1, 0.15) is 34.1 Å². The molecule has 136 valence electrons. The maximum Gasteiger partial charge on any atom is 0.261 e. The largest absolute Gasteiger partial charge is 0.481 e. The van der Waals surface area contributed by atoms with Gasteiger partial charge in [0, 0.05) is 13.1 Å². The maximum absolute atomic E-state index is 12.3. The molecule has 0 aliphatic rings. The lowest BCUT2D eigenvalue weighted by molar-refractivity contribution is -0.129. The number of benzene rings is 1. The van der Waals surface area contributed by atoms with Crippen LogP contribution in [0.5, 0.6) is 5.75 Å². The zero-order valence-electron chi connectivity index (χ0n) is 15.2. The second-order valence-corrected chi connectivity index (χ2v) is 8.29. The molecule has 1 N–H and O–H groups in total. The predicted octanol–water partition coefficient (Wildman–Crippen LogP) is 2.40. The summed E-state index contributed by atoms with van der Waals surface area (Å²) < 4.78 is 30.0. The zero-order chi connectivity index (χ0) is 18.5. The maximum atomic E-state index is 12.3. The van der Waals surface area contributed by atoms with Crippen molar-refractivity contribution in [2.45, 2.75) is 46.3 Å². The minimum absolute atomic E-state index is 0.0703. The molecule has 1 aromatic carbocycles. The number of amides is 1. The summed E-state index contributed by atoms with van der Waals surface area (Å²) in [6.07, 6.45) is 1.11. The van der Waals surface area contributed by atoms with Crippen LogP contribution in [0.15, 0.2) is 24.3 Å². The van der Waals surface area contributed by atoms with E-state index in [1.807, 2.05) is 27.7 Å². The Morgan fingerprint density at radius 2 is 1.75 bits per heavy atom. The highest BCUT2D eigenvalue weighted by atomic mass is 32.2. The van der Waals surface area contributed by atoms with E-state index in [1.165, 1.54) is 11.4 Å². The smallest absolute Gasteiger partial charge is 0.261 e. The molecule has 0 aliphatic heterocycles. The van der Waals surface area contributed by atoms with E-state index >= 15 is 0 Å². The Hall–Kier alpha value is -1.76. The van der Waals surface area contributed by atoms with Gasteiger partial charge in [0.25, 0.3) is 5.91 Å². The van der Waals surface area contributed by atoms with Crippen molar-refractivity contribution in [2.75, 3.05) is 17.6 Å². The summed E-state index contributed by atoms with van der Waals surface area (Å²) in [7, 11) is -1.82. The molecule has 0 fully saturated rings. The van der Waals surface area contributed by atoms with Gasteiger partial charge in [-0.3, -0.25) is 9.10 Å². The van der Waals surface area contributed by atoms with Crippen molar-refractivity contribution in [3.05, 3.63) is 24.3 Å². The summed E-state index contributed by atoms with van der Waals surface area (Å²) in [5, 5.41) is 2.95. The van der Waals surface area contributed by atoms with Gasteiger partial charge in [-0.15, -0.1) is 0 Å². The first-order chi connectivity index (χ1) is 11.1.